The summed E-state index contributed by atoms with van der Waals surface area (Å²) in [5.41, 5.74) is 7.82. The summed E-state index contributed by atoms with van der Waals surface area (Å²) in [5, 5.41) is 2.96. The van der Waals surface area contributed by atoms with Crippen LogP contribution >= 0.6 is 12.4 Å². The predicted molar refractivity (Wildman–Crippen MR) is 79.1 cm³/mol. The Bertz CT molecular complexity index is 380. The van der Waals surface area contributed by atoms with Crippen molar-refractivity contribution in [3.8, 4) is 0 Å². The molecule has 0 aromatic heterocycles. The Hall–Kier alpha value is -1.06. The third kappa shape index (κ3) is 4.67. The minimum atomic E-state index is -0.176. The lowest BCUT2D eigenvalue weighted by Gasteiger charge is -2.17. The van der Waals surface area contributed by atoms with E-state index in [1.807, 2.05) is 32.0 Å². The van der Waals surface area contributed by atoms with E-state index in [0.29, 0.717) is 0 Å². The topological polar surface area (TPSA) is 55.1 Å². The molecule has 3 N–H and O–H groups in total. The highest BCUT2D eigenvalue weighted by molar-refractivity contribution is 5.93. The monoisotopic (exact) mass is 270 g/mol. The van der Waals surface area contributed by atoms with E-state index in [-0.39, 0.29) is 30.3 Å². The van der Waals surface area contributed by atoms with Gasteiger partial charge in [-0.25, -0.2) is 0 Å². The molecule has 0 radical (unpaired) electrons. The van der Waals surface area contributed by atoms with E-state index in [9.17, 15) is 4.79 Å². The number of nitrogens with one attached hydrogen (secondary N) is 1. The maximum absolute atomic E-state index is 11.9. The Morgan fingerprint density at radius 3 is 2.50 bits per heavy atom. The van der Waals surface area contributed by atoms with Crippen molar-refractivity contribution < 1.29 is 4.79 Å². The van der Waals surface area contributed by atoms with Gasteiger partial charge in [0.05, 0.1) is 5.92 Å². The van der Waals surface area contributed by atoms with E-state index in [4.69, 9.17) is 5.73 Å². The van der Waals surface area contributed by atoms with Gasteiger partial charge in [0, 0.05) is 11.7 Å². The first-order chi connectivity index (χ1) is 8.06. The summed E-state index contributed by atoms with van der Waals surface area (Å²) in [5.74, 6) is -0.187. The molecule has 2 atom stereocenters. The number of aryl methyl sites for hydroxylation is 1. The third-order valence-electron chi connectivity index (χ3n) is 3.00. The average molecular weight is 271 g/mol. The van der Waals surface area contributed by atoms with Gasteiger partial charge in [-0.05, 0) is 25.0 Å². The van der Waals surface area contributed by atoms with Gasteiger partial charge in [-0.15, -0.1) is 12.4 Å². The maximum atomic E-state index is 11.9. The molecule has 1 amide bonds. The number of para-hydroxylation sites is 1. The molecule has 0 aliphatic carbocycles. The fourth-order valence-corrected chi connectivity index (χ4v) is 1.61. The summed E-state index contributed by atoms with van der Waals surface area (Å²) in [4.78, 5) is 11.9. The molecule has 1 rings (SSSR count). The molecule has 0 fully saturated rings. The van der Waals surface area contributed by atoms with Crippen LogP contribution in [0.25, 0.3) is 0 Å². The van der Waals surface area contributed by atoms with E-state index < -0.39 is 0 Å². The van der Waals surface area contributed by atoms with E-state index in [0.717, 1.165) is 18.5 Å². The van der Waals surface area contributed by atoms with Gasteiger partial charge >= 0.3 is 0 Å². The number of nitrogens with two attached hydrogens (primary N) is 1. The quantitative estimate of drug-likeness (QED) is 0.864. The number of hydrogen-bond donors (Lipinski definition) is 2. The van der Waals surface area contributed by atoms with Crippen molar-refractivity contribution in [1.29, 1.82) is 0 Å². The summed E-state index contributed by atoms with van der Waals surface area (Å²) in [7, 11) is 0. The molecule has 0 aliphatic rings. The fourth-order valence-electron chi connectivity index (χ4n) is 1.61. The predicted octanol–water partition coefficient (Wildman–Crippen LogP) is 2.98. The van der Waals surface area contributed by atoms with Crippen LogP contribution in [0, 0.1) is 5.92 Å². The van der Waals surface area contributed by atoms with Gasteiger partial charge in [-0.2, -0.15) is 0 Å². The number of carbonyl (C=O) groups excluding carboxylic acids is 1. The summed E-state index contributed by atoms with van der Waals surface area (Å²) >= 11 is 0. The second kappa shape index (κ2) is 8.11. The molecule has 0 bridgehead atoms. The van der Waals surface area contributed by atoms with Gasteiger partial charge in [0.2, 0.25) is 5.91 Å². The summed E-state index contributed by atoms with van der Waals surface area (Å²) in [6.07, 6.45) is 2.04. The van der Waals surface area contributed by atoms with Crippen molar-refractivity contribution in [2.24, 2.45) is 11.7 Å². The first kappa shape index (κ1) is 16.9. The fraction of sp³-hybridized carbons (Fsp3) is 0.500. The number of anilines is 1. The Kier molecular flexibility index (Phi) is 7.64. The molecule has 1 aromatic rings. The highest BCUT2D eigenvalue weighted by Gasteiger charge is 2.17. The molecule has 0 spiro atoms. The van der Waals surface area contributed by atoms with E-state index in [2.05, 4.69) is 18.3 Å². The van der Waals surface area contributed by atoms with E-state index in [1.54, 1.807) is 0 Å². The molecule has 4 heteroatoms. The third-order valence-corrected chi connectivity index (χ3v) is 3.00. The number of carbonyl (C=O) groups is 1. The van der Waals surface area contributed by atoms with Crippen LogP contribution in [0.4, 0.5) is 5.69 Å². The molecule has 102 valence electrons. The largest absolute Gasteiger partial charge is 0.327 e. The summed E-state index contributed by atoms with van der Waals surface area (Å²) in [6, 6.07) is 7.79. The van der Waals surface area contributed by atoms with Crippen LogP contribution in [-0.4, -0.2) is 11.9 Å². The first-order valence-electron chi connectivity index (χ1n) is 6.20. The minimum absolute atomic E-state index is 0. The molecule has 0 saturated heterocycles. The molecule has 0 heterocycles. The normalized spacial score (nSPS) is 13.3. The van der Waals surface area contributed by atoms with Crippen molar-refractivity contribution in [1.82, 2.24) is 0 Å². The zero-order chi connectivity index (χ0) is 12.8. The zero-order valence-corrected chi connectivity index (χ0v) is 12.1. The van der Waals surface area contributed by atoms with Crippen LogP contribution in [0.2, 0.25) is 0 Å². The van der Waals surface area contributed by atoms with Crippen LogP contribution in [0.1, 0.15) is 32.8 Å². The summed E-state index contributed by atoms with van der Waals surface area (Å²) < 4.78 is 0. The smallest absolute Gasteiger partial charge is 0.228 e. The minimum Gasteiger partial charge on any atom is -0.327 e. The highest BCUT2D eigenvalue weighted by Crippen LogP contribution is 2.18. The molecular weight excluding hydrogens is 248 g/mol. The van der Waals surface area contributed by atoms with Crippen LogP contribution in [0.3, 0.4) is 0 Å². The number of benzene rings is 1. The van der Waals surface area contributed by atoms with Gasteiger partial charge in [0.1, 0.15) is 0 Å². The van der Waals surface area contributed by atoms with Crippen LogP contribution in [0.5, 0.6) is 0 Å². The van der Waals surface area contributed by atoms with Crippen molar-refractivity contribution in [2.45, 2.75) is 39.7 Å². The molecule has 1 aromatic carbocycles. The van der Waals surface area contributed by atoms with Gasteiger partial charge in [-0.1, -0.05) is 38.5 Å². The lowest BCUT2D eigenvalue weighted by Crippen LogP contribution is -2.34. The lowest BCUT2D eigenvalue weighted by molar-refractivity contribution is -0.119. The van der Waals surface area contributed by atoms with Crippen molar-refractivity contribution in [3.05, 3.63) is 29.8 Å². The zero-order valence-electron chi connectivity index (χ0n) is 11.3. The highest BCUT2D eigenvalue weighted by atomic mass is 35.5. The molecule has 2 unspecified atom stereocenters. The molecule has 3 nitrogen and oxygen atoms in total. The van der Waals surface area contributed by atoms with Crippen molar-refractivity contribution in [3.63, 3.8) is 0 Å². The lowest BCUT2D eigenvalue weighted by atomic mass is 10.0. The Labute approximate surface area is 116 Å². The molecule has 18 heavy (non-hydrogen) atoms. The Morgan fingerprint density at radius 2 is 1.94 bits per heavy atom. The summed E-state index contributed by atoms with van der Waals surface area (Å²) in [6.45, 7) is 5.83. The van der Waals surface area contributed by atoms with E-state index >= 15 is 0 Å². The first-order valence-corrected chi connectivity index (χ1v) is 6.20. The SMILES string of the molecule is CCCc1ccccc1NC(=O)C(C)C(C)N.Cl. The van der Waals surface area contributed by atoms with Crippen LogP contribution in [-0.2, 0) is 11.2 Å². The Balaban J connectivity index is 0.00000289. The van der Waals surface area contributed by atoms with E-state index in [1.165, 1.54) is 5.56 Å². The number of rotatable bonds is 5. The Morgan fingerprint density at radius 1 is 1.33 bits per heavy atom. The average Bonchev–Trinajstić information content (AvgIpc) is 2.30. The van der Waals surface area contributed by atoms with Gasteiger partial charge in [-0.3, -0.25) is 4.79 Å². The van der Waals surface area contributed by atoms with Gasteiger partial charge < -0.3 is 11.1 Å². The van der Waals surface area contributed by atoms with Crippen molar-refractivity contribution >= 4 is 24.0 Å². The molecule has 0 saturated carbocycles. The van der Waals surface area contributed by atoms with Crippen molar-refractivity contribution in [2.75, 3.05) is 5.32 Å². The number of halogens is 1. The van der Waals surface area contributed by atoms with Gasteiger partial charge in [0.15, 0.2) is 0 Å². The maximum Gasteiger partial charge on any atom is 0.228 e. The standard InChI is InChI=1S/C14H22N2O.ClH/c1-4-7-12-8-5-6-9-13(12)16-14(17)10(2)11(3)15;/h5-6,8-11H,4,7,15H2,1-3H3,(H,16,17);1H. The second-order valence-corrected chi connectivity index (χ2v) is 4.54. The molecule has 0 aliphatic heterocycles. The van der Waals surface area contributed by atoms with Crippen LogP contribution < -0.4 is 11.1 Å². The number of hydrogen-bond acceptors (Lipinski definition) is 2. The van der Waals surface area contributed by atoms with Crippen LogP contribution in [0.15, 0.2) is 24.3 Å². The number of amides is 1. The second-order valence-electron chi connectivity index (χ2n) is 4.54. The van der Waals surface area contributed by atoms with Gasteiger partial charge in [0.25, 0.3) is 0 Å². The molecular formula is C14H23ClN2O.